The molecule has 0 aliphatic carbocycles. The summed E-state index contributed by atoms with van der Waals surface area (Å²) in [5, 5.41) is 19.7. The van der Waals surface area contributed by atoms with Gasteiger partial charge in [-0.15, -0.1) is 11.3 Å². The molecule has 0 bridgehead atoms. The summed E-state index contributed by atoms with van der Waals surface area (Å²) >= 11 is 1.72. The van der Waals surface area contributed by atoms with E-state index in [1.807, 2.05) is 12.1 Å². The zero-order valence-electron chi connectivity index (χ0n) is 18.1. The summed E-state index contributed by atoms with van der Waals surface area (Å²) in [5.41, 5.74) is 4.22. The molecule has 1 fully saturated rings. The third-order valence-corrected chi connectivity index (χ3v) is 7.70. The van der Waals surface area contributed by atoms with Gasteiger partial charge in [0.1, 0.15) is 5.82 Å². The first kappa shape index (κ1) is 22.2. The smallest absolute Gasteiger partial charge is 0.123 e. The van der Waals surface area contributed by atoms with Gasteiger partial charge in [0, 0.05) is 28.0 Å². The van der Waals surface area contributed by atoms with E-state index in [4.69, 9.17) is 4.74 Å². The second kappa shape index (κ2) is 8.83. The number of thiophene rings is 1. The van der Waals surface area contributed by atoms with Crippen molar-refractivity contribution in [2.75, 3.05) is 6.61 Å². The van der Waals surface area contributed by atoms with E-state index in [0.717, 1.165) is 16.0 Å². The van der Waals surface area contributed by atoms with Crippen molar-refractivity contribution in [1.29, 1.82) is 0 Å². The SMILES string of the molecule is Cc1ccc([C@H]2CC(O)CC(CO)O2)cc1C(C)(C)c1ccc(-c2ccc(F)cc2)s1. The lowest BCUT2D eigenvalue weighted by Gasteiger charge is -2.34. The van der Waals surface area contributed by atoms with Crippen LogP contribution in [0.25, 0.3) is 10.4 Å². The molecule has 31 heavy (non-hydrogen) atoms. The molecule has 1 aliphatic rings. The molecule has 4 rings (SSSR count). The number of halogens is 1. The minimum atomic E-state index is -0.468. The lowest BCUT2D eigenvalue weighted by molar-refractivity contribution is -0.113. The fraction of sp³-hybridized carbons (Fsp3) is 0.385. The number of ether oxygens (including phenoxy) is 1. The highest BCUT2D eigenvalue weighted by Crippen LogP contribution is 2.42. The summed E-state index contributed by atoms with van der Waals surface area (Å²) in [4.78, 5) is 2.34. The Morgan fingerprint density at radius 2 is 1.81 bits per heavy atom. The topological polar surface area (TPSA) is 49.7 Å². The zero-order chi connectivity index (χ0) is 22.2. The van der Waals surface area contributed by atoms with Crippen molar-refractivity contribution < 1.29 is 19.3 Å². The third kappa shape index (κ3) is 4.60. The predicted molar refractivity (Wildman–Crippen MR) is 123 cm³/mol. The second-order valence-corrected chi connectivity index (χ2v) is 10.0. The molecule has 1 saturated heterocycles. The second-order valence-electron chi connectivity index (χ2n) is 8.92. The molecular weight excluding hydrogens is 411 g/mol. The molecule has 2 N–H and O–H groups in total. The largest absolute Gasteiger partial charge is 0.394 e. The Labute approximate surface area is 187 Å². The molecule has 3 nitrogen and oxygen atoms in total. The Kier molecular flexibility index (Phi) is 6.31. The van der Waals surface area contributed by atoms with Gasteiger partial charge in [-0.3, -0.25) is 0 Å². The number of hydrogen-bond donors (Lipinski definition) is 2. The molecule has 3 atom stereocenters. The highest BCUT2D eigenvalue weighted by molar-refractivity contribution is 7.15. The maximum absolute atomic E-state index is 13.3. The van der Waals surface area contributed by atoms with Crippen LogP contribution in [-0.2, 0) is 10.2 Å². The van der Waals surface area contributed by atoms with E-state index in [0.29, 0.717) is 12.8 Å². The molecular formula is C26H29FO3S. The lowest BCUT2D eigenvalue weighted by Crippen LogP contribution is -2.33. The summed E-state index contributed by atoms with van der Waals surface area (Å²) in [6.07, 6.45) is -0.0217. The van der Waals surface area contributed by atoms with Crippen LogP contribution in [0.4, 0.5) is 4.39 Å². The van der Waals surface area contributed by atoms with Gasteiger partial charge in [-0.05, 0) is 53.4 Å². The van der Waals surface area contributed by atoms with Crippen molar-refractivity contribution in [2.24, 2.45) is 0 Å². The molecule has 1 aliphatic heterocycles. The van der Waals surface area contributed by atoms with Gasteiger partial charge >= 0.3 is 0 Å². The van der Waals surface area contributed by atoms with E-state index in [1.54, 1.807) is 11.3 Å². The Balaban J connectivity index is 1.65. The summed E-state index contributed by atoms with van der Waals surface area (Å²) in [6, 6.07) is 17.2. The summed E-state index contributed by atoms with van der Waals surface area (Å²) in [6.45, 7) is 6.46. The summed E-state index contributed by atoms with van der Waals surface area (Å²) in [5.74, 6) is -0.230. The van der Waals surface area contributed by atoms with Gasteiger partial charge < -0.3 is 14.9 Å². The van der Waals surface area contributed by atoms with Crippen molar-refractivity contribution in [3.8, 4) is 10.4 Å². The van der Waals surface area contributed by atoms with Gasteiger partial charge in [0.2, 0.25) is 0 Å². The molecule has 0 amide bonds. The van der Waals surface area contributed by atoms with Crippen LogP contribution in [0, 0.1) is 12.7 Å². The third-order valence-electron chi connectivity index (χ3n) is 6.24. The number of aliphatic hydroxyl groups is 2. The summed E-state index contributed by atoms with van der Waals surface area (Å²) in [7, 11) is 0. The molecule has 0 spiro atoms. The maximum atomic E-state index is 13.3. The van der Waals surface area contributed by atoms with E-state index in [2.05, 4.69) is 51.1 Å². The van der Waals surface area contributed by atoms with E-state index in [9.17, 15) is 14.6 Å². The molecule has 0 saturated carbocycles. The maximum Gasteiger partial charge on any atom is 0.123 e. The number of aliphatic hydroxyl groups excluding tert-OH is 2. The number of benzene rings is 2. The van der Waals surface area contributed by atoms with Crippen LogP contribution in [0.1, 0.15) is 54.4 Å². The zero-order valence-corrected chi connectivity index (χ0v) is 19.0. The lowest BCUT2D eigenvalue weighted by atomic mass is 9.79. The van der Waals surface area contributed by atoms with Gasteiger partial charge in [-0.25, -0.2) is 4.39 Å². The van der Waals surface area contributed by atoms with Crippen molar-refractivity contribution in [3.05, 3.63) is 82.0 Å². The molecule has 0 radical (unpaired) electrons. The fourth-order valence-electron chi connectivity index (χ4n) is 4.41. The van der Waals surface area contributed by atoms with Gasteiger partial charge in [0.15, 0.2) is 0 Å². The van der Waals surface area contributed by atoms with E-state index >= 15 is 0 Å². The van der Waals surface area contributed by atoms with Gasteiger partial charge in [-0.2, -0.15) is 0 Å². The molecule has 2 unspecified atom stereocenters. The normalized spacial score (nSPS) is 21.9. The van der Waals surface area contributed by atoms with Crippen LogP contribution >= 0.6 is 11.3 Å². The van der Waals surface area contributed by atoms with Gasteiger partial charge in [-0.1, -0.05) is 44.2 Å². The van der Waals surface area contributed by atoms with Crippen molar-refractivity contribution >= 4 is 11.3 Å². The highest BCUT2D eigenvalue weighted by atomic mass is 32.1. The first-order chi connectivity index (χ1) is 14.8. The first-order valence-corrected chi connectivity index (χ1v) is 11.5. The van der Waals surface area contributed by atoms with Crippen LogP contribution in [0.5, 0.6) is 0 Å². The molecule has 5 heteroatoms. The Bertz CT molecular complexity index is 1040. The Hall–Kier alpha value is -2.05. The molecule has 164 valence electrons. The van der Waals surface area contributed by atoms with Crippen molar-refractivity contribution in [1.82, 2.24) is 0 Å². The minimum Gasteiger partial charge on any atom is -0.394 e. The average molecular weight is 441 g/mol. The van der Waals surface area contributed by atoms with Gasteiger partial charge in [0.05, 0.1) is 24.9 Å². The number of rotatable bonds is 5. The number of hydrogen-bond acceptors (Lipinski definition) is 4. The van der Waals surface area contributed by atoms with Crippen LogP contribution in [0.3, 0.4) is 0 Å². The predicted octanol–water partition coefficient (Wildman–Crippen LogP) is 5.76. The first-order valence-electron chi connectivity index (χ1n) is 10.7. The molecule has 1 aromatic heterocycles. The molecule has 2 aromatic carbocycles. The number of aryl methyl sites for hydroxylation is 1. The average Bonchev–Trinajstić information content (AvgIpc) is 3.25. The van der Waals surface area contributed by atoms with Gasteiger partial charge in [0.25, 0.3) is 0 Å². The van der Waals surface area contributed by atoms with Crippen LogP contribution < -0.4 is 0 Å². The van der Waals surface area contributed by atoms with E-state index in [-0.39, 0.29) is 30.0 Å². The Morgan fingerprint density at radius 1 is 1.06 bits per heavy atom. The van der Waals surface area contributed by atoms with E-state index in [1.165, 1.54) is 28.1 Å². The molecule has 3 aromatic rings. The van der Waals surface area contributed by atoms with E-state index < -0.39 is 6.10 Å². The summed E-state index contributed by atoms with van der Waals surface area (Å²) < 4.78 is 19.3. The standard InChI is InChI=1S/C26H29FO3S/c1-16-4-5-18(23-14-20(29)13-21(15-28)30-23)12-22(16)26(2,3)25-11-10-24(31-25)17-6-8-19(27)9-7-17/h4-12,20-21,23,28-29H,13-15H2,1-3H3/t20?,21?,23-/m1/s1. The Morgan fingerprint density at radius 3 is 2.52 bits per heavy atom. The van der Waals surface area contributed by atoms with Crippen molar-refractivity contribution in [3.63, 3.8) is 0 Å². The highest BCUT2D eigenvalue weighted by Gasteiger charge is 2.32. The monoisotopic (exact) mass is 440 g/mol. The minimum absolute atomic E-state index is 0.0842. The van der Waals surface area contributed by atoms with Crippen LogP contribution in [0.2, 0.25) is 0 Å². The van der Waals surface area contributed by atoms with Crippen LogP contribution in [-0.4, -0.2) is 29.0 Å². The molecule has 2 heterocycles. The van der Waals surface area contributed by atoms with Crippen LogP contribution in [0.15, 0.2) is 54.6 Å². The quantitative estimate of drug-likeness (QED) is 0.530. The fourth-order valence-corrected chi connectivity index (χ4v) is 5.54. The van der Waals surface area contributed by atoms with Crippen molar-refractivity contribution in [2.45, 2.75) is 57.3 Å².